The van der Waals surface area contributed by atoms with E-state index in [-0.39, 0.29) is 0 Å². The number of hydrogen-bond acceptors (Lipinski definition) is 5. The maximum Gasteiger partial charge on any atom is 0.164 e. The van der Waals surface area contributed by atoms with Crippen LogP contribution in [0.25, 0.3) is 115 Å². The number of aromatic nitrogens is 4. The van der Waals surface area contributed by atoms with Crippen LogP contribution in [0.3, 0.4) is 0 Å². The van der Waals surface area contributed by atoms with Gasteiger partial charge in [0.05, 0.1) is 16.7 Å². The van der Waals surface area contributed by atoms with Crippen molar-refractivity contribution >= 4 is 75.3 Å². The second-order valence-corrected chi connectivity index (χ2v) is 15.4. The zero-order chi connectivity index (χ0) is 37.5. The number of furan rings is 1. The molecule has 8 aromatic carbocycles. The summed E-state index contributed by atoms with van der Waals surface area (Å²) in [5, 5.41) is 6.89. The lowest BCUT2D eigenvalue weighted by atomic mass is 10.0. The van der Waals surface area contributed by atoms with Gasteiger partial charge >= 0.3 is 0 Å². The monoisotopic (exact) mass is 746 g/mol. The van der Waals surface area contributed by atoms with E-state index in [2.05, 4.69) is 138 Å². The first kappa shape index (κ1) is 31.9. The van der Waals surface area contributed by atoms with Gasteiger partial charge < -0.3 is 8.98 Å². The van der Waals surface area contributed by atoms with Gasteiger partial charge in [-0.15, -0.1) is 11.3 Å². The van der Waals surface area contributed by atoms with E-state index in [1.807, 2.05) is 59.9 Å². The van der Waals surface area contributed by atoms with Gasteiger partial charge in [0.15, 0.2) is 23.1 Å². The van der Waals surface area contributed by atoms with E-state index in [0.717, 1.165) is 61.0 Å². The summed E-state index contributed by atoms with van der Waals surface area (Å²) in [6.07, 6.45) is 0. The van der Waals surface area contributed by atoms with Gasteiger partial charge in [-0.25, -0.2) is 15.0 Å². The van der Waals surface area contributed by atoms with Crippen LogP contribution >= 0.6 is 11.3 Å². The van der Waals surface area contributed by atoms with Crippen molar-refractivity contribution in [2.45, 2.75) is 0 Å². The quantitative estimate of drug-likeness (QED) is 0.176. The molecule has 0 radical (unpaired) electrons. The SMILES string of the molecule is c1ccc(-c2ccc(-c3nc(-c4ccccc4)nc(-c4ccc(-n5c6ccccc6c6ccc7sc8ccccc8c7c65)c5oc6ccccc6c45)n3)cc2)cc1. The molecule has 0 saturated heterocycles. The molecular weight excluding hydrogens is 717 g/mol. The third kappa shape index (κ3) is 4.98. The molecule has 0 aliphatic carbocycles. The van der Waals surface area contributed by atoms with Crippen LogP contribution in [0.2, 0.25) is 0 Å². The predicted octanol–water partition coefficient (Wildman–Crippen LogP) is 13.9. The molecule has 0 aliphatic heterocycles. The van der Waals surface area contributed by atoms with Gasteiger partial charge in [-0.2, -0.15) is 0 Å². The van der Waals surface area contributed by atoms with Crippen molar-refractivity contribution in [2.24, 2.45) is 0 Å². The maximum absolute atomic E-state index is 6.94. The van der Waals surface area contributed by atoms with E-state index in [0.29, 0.717) is 17.5 Å². The van der Waals surface area contributed by atoms with Gasteiger partial charge in [0.2, 0.25) is 0 Å². The van der Waals surface area contributed by atoms with E-state index in [1.165, 1.54) is 36.5 Å². The summed E-state index contributed by atoms with van der Waals surface area (Å²) in [6.45, 7) is 0. The van der Waals surface area contributed by atoms with Crippen LogP contribution in [0.15, 0.2) is 186 Å². The van der Waals surface area contributed by atoms with Crippen molar-refractivity contribution in [3.8, 4) is 51.0 Å². The van der Waals surface area contributed by atoms with E-state index in [4.69, 9.17) is 19.4 Å². The number of nitrogens with zero attached hydrogens (tertiary/aromatic N) is 4. The fraction of sp³-hybridized carbons (Fsp3) is 0. The molecular formula is C51H30N4OS. The molecule has 0 saturated carbocycles. The summed E-state index contributed by atoms with van der Waals surface area (Å²) in [4.78, 5) is 15.5. The van der Waals surface area contributed by atoms with E-state index in [9.17, 15) is 0 Å². The minimum atomic E-state index is 0.586. The molecule has 0 spiro atoms. The van der Waals surface area contributed by atoms with Crippen molar-refractivity contribution < 1.29 is 4.42 Å². The molecule has 4 aromatic heterocycles. The Balaban J connectivity index is 1.14. The Kier molecular flexibility index (Phi) is 7.03. The summed E-state index contributed by atoms with van der Waals surface area (Å²) in [5.74, 6) is 1.81. The van der Waals surface area contributed by atoms with Crippen molar-refractivity contribution in [2.75, 3.05) is 0 Å². The molecule has 57 heavy (non-hydrogen) atoms. The lowest BCUT2D eigenvalue weighted by molar-refractivity contribution is 0.666. The van der Waals surface area contributed by atoms with Gasteiger partial charge in [0.1, 0.15) is 5.58 Å². The van der Waals surface area contributed by atoms with Crippen molar-refractivity contribution in [1.29, 1.82) is 0 Å². The van der Waals surface area contributed by atoms with Gasteiger partial charge in [0, 0.05) is 58.4 Å². The molecule has 0 atom stereocenters. The Labute approximate surface area is 330 Å². The van der Waals surface area contributed by atoms with Crippen LogP contribution in [0.4, 0.5) is 0 Å². The van der Waals surface area contributed by atoms with Crippen LogP contribution in [-0.4, -0.2) is 19.5 Å². The number of thiophene rings is 1. The Morgan fingerprint density at radius 1 is 0.404 bits per heavy atom. The zero-order valence-electron chi connectivity index (χ0n) is 30.4. The lowest BCUT2D eigenvalue weighted by Gasteiger charge is -2.13. The molecule has 5 nitrogen and oxygen atoms in total. The normalized spacial score (nSPS) is 11.9. The first-order valence-corrected chi connectivity index (χ1v) is 19.8. The molecule has 12 rings (SSSR count). The highest BCUT2D eigenvalue weighted by molar-refractivity contribution is 7.26. The largest absolute Gasteiger partial charge is 0.454 e. The number of hydrogen-bond donors (Lipinski definition) is 0. The molecule has 4 heterocycles. The van der Waals surface area contributed by atoms with Crippen LogP contribution in [-0.2, 0) is 0 Å². The van der Waals surface area contributed by atoms with Gasteiger partial charge in [-0.05, 0) is 47.5 Å². The van der Waals surface area contributed by atoms with E-state index >= 15 is 0 Å². The van der Waals surface area contributed by atoms with Crippen molar-refractivity contribution in [3.05, 3.63) is 182 Å². The average molecular weight is 747 g/mol. The van der Waals surface area contributed by atoms with Crippen LogP contribution < -0.4 is 0 Å². The fourth-order valence-electron chi connectivity index (χ4n) is 8.48. The molecule has 6 heteroatoms. The Bertz CT molecular complexity index is 3510. The fourth-order valence-corrected chi connectivity index (χ4v) is 9.58. The van der Waals surface area contributed by atoms with Gasteiger partial charge in [0.25, 0.3) is 0 Å². The Hall–Kier alpha value is -7.41. The minimum Gasteiger partial charge on any atom is -0.454 e. The third-order valence-electron chi connectivity index (χ3n) is 11.1. The molecule has 0 aliphatic rings. The maximum atomic E-state index is 6.94. The van der Waals surface area contributed by atoms with Crippen LogP contribution in [0, 0.1) is 0 Å². The Morgan fingerprint density at radius 2 is 1.00 bits per heavy atom. The average Bonchev–Trinajstić information content (AvgIpc) is 3.97. The summed E-state index contributed by atoms with van der Waals surface area (Å²) in [7, 11) is 0. The highest BCUT2D eigenvalue weighted by Crippen LogP contribution is 2.46. The van der Waals surface area contributed by atoms with Crippen molar-refractivity contribution in [3.63, 3.8) is 0 Å². The van der Waals surface area contributed by atoms with Crippen LogP contribution in [0.5, 0.6) is 0 Å². The molecule has 12 aromatic rings. The first-order valence-electron chi connectivity index (χ1n) is 19.0. The van der Waals surface area contributed by atoms with E-state index in [1.54, 1.807) is 0 Å². The molecule has 0 amide bonds. The molecule has 0 unspecified atom stereocenters. The summed E-state index contributed by atoms with van der Waals surface area (Å²) >= 11 is 1.84. The highest BCUT2D eigenvalue weighted by atomic mass is 32.1. The predicted molar refractivity (Wildman–Crippen MR) is 236 cm³/mol. The molecule has 266 valence electrons. The summed E-state index contributed by atoms with van der Waals surface area (Å²) < 4.78 is 11.9. The third-order valence-corrected chi connectivity index (χ3v) is 12.2. The number of fused-ring (bicyclic) bond motifs is 10. The Morgan fingerprint density at radius 3 is 1.79 bits per heavy atom. The second kappa shape index (κ2) is 12.6. The molecule has 0 fully saturated rings. The lowest BCUT2D eigenvalue weighted by Crippen LogP contribution is -2.01. The second-order valence-electron chi connectivity index (χ2n) is 14.3. The van der Waals surface area contributed by atoms with Gasteiger partial charge in [-0.3, -0.25) is 0 Å². The van der Waals surface area contributed by atoms with E-state index < -0.39 is 0 Å². The van der Waals surface area contributed by atoms with Crippen LogP contribution in [0.1, 0.15) is 0 Å². The highest BCUT2D eigenvalue weighted by Gasteiger charge is 2.24. The smallest absolute Gasteiger partial charge is 0.164 e. The minimum absolute atomic E-state index is 0.586. The number of para-hydroxylation sites is 2. The summed E-state index contributed by atoms with van der Waals surface area (Å²) in [6, 6.07) is 63.6. The molecule has 0 N–H and O–H groups in total. The standard InChI is InChI=1S/C51H30N4OS/c1-3-13-31(14-4-1)32-23-25-34(26-24-32)50-52-49(33-15-5-2-6-16-33)53-51(54-50)39-27-29-41(48-45(39)37-18-8-11-21-42(37)56-48)55-40-20-10-7-17-35(40)36-28-30-44-46(47(36)55)38-19-9-12-22-43(38)57-44/h1-30H. The summed E-state index contributed by atoms with van der Waals surface area (Å²) in [5.41, 5.74) is 9.87. The molecule has 0 bridgehead atoms. The number of rotatable bonds is 5. The topological polar surface area (TPSA) is 56.7 Å². The van der Waals surface area contributed by atoms with Gasteiger partial charge in [-0.1, -0.05) is 146 Å². The number of benzene rings is 8. The first-order chi connectivity index (χ1) is 28.3. The zero-order valence-corrected chi connectivity index (χ0v) is 31.2. The van der Waals surface area contributed by atoms with Crippen molar-refractivity contribution in [1.82, 2.24) is 19.5 Å².